The number of hydrogen-bond donors (Lipinski definition) is 2. The maximum Gasteiger partial charge on any atom is 0.126 e. The summed E-state index contributed by atoms with van der Waals surface area (Å²) in [5, 5.41) is 18.7. The van der Waals surface area contributed by atoms with Crippen LogP contribution < -0.4 is 10.5 Å². The van der Waals surface area contributed by atoms with Crippen LogP contribution in [0.5, 0.6) is 5.75 Å². The summed E-state index contributed by atoms with van der Waals surface area (Å²) in [7, 11) is 1.60. The van der Waals surface area contributed by atoms with Crippen LogP contribution in [0.3, 0.4) is 0 Å². The molecule has 0 saturated heterocycles. The molecule has 0 amide bonds. The van der Waals surface area contributed by atoms with Crippen molar-refractivity contribution < 1.29 is 9.84 Å². The zero-order chi connectivity index (χ0) is 17.1. The van der Waals surface area contributed by atoms with Gasteiger partial charge in [-0.25, -0.2) is 0 Å². The second kappa shape index (κ2) is 6.49. The van der Waals surface area contributed by atoms with E-state index >= 15 is 0 Å². The monoisotopic (exact) mass is 319 g/mol. The van der Waals surface area contributed by atoms with Gasteiger partial charge in [0.15, 0.2) is 0 Å². The lowest BCUT2D eigenvalue weighted by Gasteiger charge is -2.06. The molecule has 0 radical (unpaired) electrons. The summed E-state index contributed by atoms with van der Waals surface area (Å²) in [5.41, 5.74) is 9.87. The molecule has 0 bridgehead atoms. The van der Waals surface area contributed by atoms with Gasteiger partial charge >= 0.3 is 0 Å². The van der Waals surface area contributed by atoms with E-state index in [1.165, 1.54) is 0 Å². The van der Waals surface area contributed by atoms with Crippen molar-refractivity contribution in [2.24, 2.45) is 0 Å². The number of aliphatic hydroxyl groups excluding tert-OH is 1. The number of benzene rings is 2. The van der Waals surface area contributed by atoms with Crippen LogP contribution in [0.4, 0.5) is 5.82 Å². The van der Waals surface area contributed by atoms with E-state index in [0.717, 1.165) is 28.1 Å². The van der Waals surface area contributed by atoms with Crippen LogP contribution in [0.25, 0.3) is 16.8 Å². The number of nitrogen functional groups attached to an aromatic ring is 1. The molecule has 120 valence electrons. The summed E-state index contributed by atoms with van der Waals surface area (Å²) in [6.45, 7) is -0.0139. The fraction of sp³-hybridized carbons (Fsp3) is 0.105. The standard InChI is InChI=1S/C19H17N3O2/c1-24-16-4-2-3-14(9-16)18-11-22(19(21)17(18)10-20)15-7-5-13(12-23)6-8-15/h2-9,11,23H,12,21H2,1H3. The third-order valence-corrected chi connectivity index (χ3v) is 3.93. The van der Waals surface area contributed by atoms with Gasteiger partial charge in [-0.3, -0.25) is 0 Å². The summed E-state index contributed by atoms with van der Waals surface area (Å²) in [4.78, 5) is 0. The van der Waals surface area contributed by atoms with Gasteiger partial charge in [0.2, 0.25) is 0 Å². The molecule has 0 fully saturated rings. The quantitative estimate of drug-likeness (QED) is 0.774. The van der Waals surface area contributed by atoms with Crippen molar-refractivity contribution in [3.63, 3.8) is 0 Å². The fourth-order valence-corrected chi connectivity index (χ4v) is 2.62. The number of nitrogens with zero attached hydrogens (tertiary/aromatic N) is 2. The number of hydrogen-bond acceptors (Lipinski definition) is 4. The van der Waals surface area contributed by atoms with Gasteiger partial charge < -0.3 is 20.1 Å². The third-order valence-electron chi connectivity index (χ3n) is 3.93. The fourth-order valence-electron chi connectivity index (χ4n) is 2.62. The number of nitrogens with two attached hydrogens (primary N) is 1. The Kier molecular flexibility index (Phi) is 4.23. The Morgan fingerprint density at radius 2 is 1.96 bits per heavy atom. The number of rotatable bonds is 4. The molecule has 0 spiro atoms. The molecule has 3 N–H and O–H groups in total. The largest absolute Gasteiger partial charge is 0.497 e. The molecular weight excluding hydrogens is 302 g/mol. The maximum atomic E-state index is 9.52. The number of anilines is 1. The second-order valence-electron chi connectivity index (χ2n) is 5.34. The Bertz CT molecular complexity index is 905. The van der Waals surface area contributed by atoms with Crippen LogP contribution in [-0.2, 0) is 6.61 Å². The normalized spacial score (nSPS) is 10.4. The number of nitriles is 1. The molecule has 0 aliphatic rings. The van der Waals surface area contributed by atoms with Crippen LogP contribution in [0, 0.1) is 11.3 Å². The molecule has 3 rings (SSSR count). The highest BCUT2D eigenvalue weighted by Gasteiger charge is 2.16. The summed E-state index contributed by atoms with van der Waals surface area (Å²) in [6, 6.07) is 17.1. The van der Waals surface area contributed by atoms with E-state index in [9.17, 15) is 5.26 Å². The minimum atomic E-state index is -0.0139. The van der Waals surface area contributed by atoms with Crippen molar-refractivity contribution in [1.29, 1.82) is 5.26 Å². The molecule has 0 atom stereocenters. The summed E-state index contributed by atoms with van der Waals surface area (Å²) < 4.78 is 7.02. The molecular formula is C19H17N3O2. The van der Waals surface area contributed by atoms with Crippen molar-refractivity contribution >= 4 is 5.82 Å². The first-order valence-electron chi connectivity index (χ1n) is 7.43. The third kappa shape index (κ3) is 2.71. The molecule has 3 aromatic rings. The SMILES string of the molecule is COc1cccc(-c2cn(-c3ccc(CO)cc3)c(N)c2C#N)c1. The average molecular weight is 319 g/mol. The van der Waals surface area contributed by atoms with E-state index in [2.05, 4.69) is 6.07 Å². The van der Waals surface area contributed by atoms with Crippen molar-refractivity contribution in [2.75, 3.05) is 12.8 Å². The van der Waals surface area contributed by atoms with Crippen LogP contribution in [0.15, 0.2) is 54.7 Å². The number of methoxy groups -OCH3 is 1. The topological polar surface area (TPSA) is 84.2 Å². The van der Waals surface area contributed by atoms with Crippen LogP contribution in [-0.4, -0.2) is 16.8 Å². The molecule has 1 aromatic heterocycles. The zero-order valence-corrected chi connectivity index (χ0v) is 13.2. The predicted molar refractivity (Wildman–Crippen MR) is 92.8 cm³/mol. The van der Waals surface area contributed by atoms with Crippen LogP contribution in [0.1, 0.15) is 11.1 Å². The van der Waals surface area contributed by atoms with Gasteiger partial charge in [-0.05, 0) is 35.4 Å². The molecule has 5 heteroatoms. The average Bonchev–Trinajstić information content (AvgIpc) is 2.98. The van der Waals surface area contributed by atoms with E-state index < -0.39 is 0 Å². The zero-order valence-electron chi connectivity index (χ0n) is 13.2. The minimum absolute atomic E-state index is 0.0139. The van der Waals surface area contributed by atoms with E-state index in [4.69, 9.17) is 15.6 Å². The molecule has 0 aliphatic heterocycles. The predicted octanol–water partition coefficient (Wildman–Crippen LogP) is 3.10. The lowest BCUT2D eigenvalue weighted by atomic mass is 10.0. The summed E-state index contributed by atoms with van der Waals surface area (Å²) >= 11 is 0. The van der Waals surface area contributed by atoms with E-state index in [0.29, 0.717) is 11.4 Å². The van der Waals surface area contributed by atoms with Crippen molar-refractivity contribution in [3.05, 3.63) is 65.9 Å². The van der Waals surface area contributed by atoms with Crippen LogP contribution >= 0.6 is 0 Å². The van der Waals surface area contributed by atoms with Crippen molar-refractivity contribution in [3.8, 4) is 28.6 Å². The van der Waals surface area contributed by atoms with Crippen molar-refractivity contribution in [2.45, 2.75) is 6.61 Å². The van der Waals surface area contributed by atoms with E-state index in [1.54, 1.807) is 11.7 Å². The first kappa shape index (κ1) is 15.7. The Morgan fingerprint density at radius 3 is 2.58 bits per heavy atom. The molecule has 0 aliphatic carbocycles. The van der Waals surface area contributed by atoms with Crippen molar-refractivity contribution in [1.82, 2.24) is 4.57 Å². The van der Waals surface area contributed by atoms with Gasteiger partial charge in [0.1, 0.15) is 23.2 Å². The summed E-state index contributed by atoms with van der Waals surface area (Å²) in [5.74, 6) is 1.10. The van der Waals surface area contributed by atoms with E-state index in [-0.39, 0.29) is 6.61 Å². The smallest absolute Gasteiger partial charge is 0.126 e. The molecule has 0 saturated carbocycles. The molecule has 2 aromatic carbocycles. The Morgan fingerprint density at radius 1 is 1.21 bits per heavy atom. The minimum Gasteiger partial charge on any atom is -0.497 e. The Labute approximate surface area is 140 Å². The summed E-state index contributed by atoms with van der Waals surface area (Å²) in [6.07, 6.45) is 1.84. The highest BCUT2D eigenvalue weighted by atomic mass is 16.5. The lowest BCUT2D eigenvalue weighted by molar-refractivity contribution is 0.282. The van der Waals surface area contributed by atoms with Gasteiger partial charge in [0, 0.05) is 17.4 Å². The second-order valence-corrected chi connectivity index (χ2v) is 5.34. The van der Waals surface area contributed by atoms with Gasteiger partial charge in [-0.1, -0.05) is 24.3 Å². The van der Waals surface area contributed by atoms with Crippen LogP contribution in [0.2, 0.25) is 0 Å². The molecule has 0 unspecified atom stereocenters. The number of ether oxygens (including phenoxy) is 1. The Hall–Kier alpha value is -3.23. The van der Waals surface area contributed by atoms with Gasteiger partial charge in [-0.15, -0.1) is 0 Å². The highest BCUT2D eigenvalue weighted by Crippen LogP contribution is 2.33. The van der Waals surface area contributed by atoms with Gasteiger partial charge in [-0.2, -0.15) is 5.26 Å². The van der Waals surface area contributed by atoms with Gasteiger partial charge in [0.05, 0.1) is 13.7 Å². The highest BCUT2D eigenvalue weighted by molar-refractivity contribution is 5.78. The number of aliphatic hydroxyl groups is 1. The first-order chi connectivity index (χ1) is 11.7. The van der Waals surface area contributed by atoms with Gasteiger partial charge in [0.25, 0.3) is 0 Å². The lowest BCUT2D eigenvalue weighted by Crippen LogP contribution is -1.99. The van der Waals surface area contributed by atoms with E-state index in [1.807, 2.05) is 54.7 Å². The molecule has 5 nitrogen and oxygen atoms in total. The first-order valence-corrected chi connectivity index (χ1v) is 7.43. The molecule has 1 heterocycles. The Balaban J connectivity index is 2.13. The maximum absolute atomic E-state index is 9.52. The number of aromatic nitrogens is 1. The molecule has 24 heavy (non-hydrogen) atoms.